The van der Waals surface area contributed by atoms with Crippen LogP contribution < -0.4 is 0 Å². The molecule has 0 spiro atoms. The Morgan fingerprint density at radius 3 is 1.75 bits per heavy atom. The van der Waals surface area contributed by atoms with Gasteiger partial charge in [-0.15, -0.1) is 0 Å². The van der Waals surface area contributed by atoms with Crippen LogP contribution in [0.25, 0.3) is 0 Å². The van der Waals surface area contributed by atoms with Gasteiger partial charge in [0.25, 0.3) is 0 Å². The standard InChI is InChI=1S/C11H26NO3P/c1-10(2,3)12(11(4,5)6)8-7-9-15-16(13)14/h13-14H,7-9H2,1-6H3. The average Bonchev–Trinajstić information content (AvgIpc) is 1.97. The van der Waals surface area contributed by atoms with Crippen molar-refractivity contribution < 1.29 is 14.3 Å². The second-order valence-corrected chi connectivity index (χ2v) is 6.70. The summed E-state index contributed by atoms with van der Waals surface area (Å²) < 4.78 is 4.77. The van der Waals surface area contributed by atoms with Crippen molar-refractivity contribution in [1.82, 2.24) is 4.90 Å². The van der Waals surface area contributed by atoms with Gasteiger partial charge in [0, 0.05) is 17.6 Å². The van der Waals surface area contributed by atoms with Crippen LogP contribution in [0, 0.1) is 0 Å². The summed E-state index contributed by atoms with van der Waals surface area (Å²) in [5, 5.41) is 0. The Balaban J connectivity index is 4.16. The van der Waals surface area contributed by atoms with Crippen LogP contribution in [0.15, 0.2) is 0 Å². The quantitative estimate of drug-likeness (QED) is 0.582. The van der Waals surface area contributed by atoms with Crippen molar-refractivity contribution in [1.29, 1.82) is 0 Å². The van der Waals surface area contributed by atoms with E-state index in [1.165, 1.54) is 0 Å². The monoisotopic (exact) mass is 251 g/mol. The van der Waals surface area contributed by atoms with Gasteiger partial charge < -0.3 is 14.3 Å². The molecule has 0 atom stereocenters. The van der Waals surface area contributed by atoms with Gasteiger partial charge in [0.1, 0.15) is 0 Å². The molecular formula is C11H26NO3P. The van der Waals surface area contributed by atoms with Crippen LogP contribution in [0.3, 0.4) is 0 Å². The molecule has 16 heavy (non-hydrogen) atoms. The smallest absolute Gasteiger partial charge is 0.327 e. The van der Waals surface area contributed by atoms with Crippen LogP contribution in [0.4, 0.5) is 0 Å². The summed E-state index contributed by atoms with van der Waals surface area (Å²) in [6.07, 6.45) is 0.800. The first kappa shape index (κ1) is 16.3. The van der Waals surface area contributed by atoms with E-state index in [4.69, 9.17) is 14.3 Å². The van der Waals surface area contributed by atoms with Crippen LogP contribution in [-0.2, 0) is 4.52 Å². The predicted molar refractivity (Wildman–Crippen MR) is 68.1 cm³/mol. The molecule has 2 N–H and O–H groups in total. The highest BCUT2D eigenvalue weighted by atomic mass is 31.2. The molecule has 4 nitrogen and oxygen atoms in total. The van der Waals surface area contributed by atoms with Crippen molar-refractivity contribution in [3.63, 3.8) is 0 Å². The minimum absolute atomic E-state index is 0.0986. The highest BCUT2D eigenvalue weighted by Gasteiger charge is 2.30. The molecule has 0 saturated carbocycles. The number of rotatable bonds is 5. The summed E-state index contributed by atoms with van der Waals surface area (Å²) in [7, 11) is -2.21. The fraction of sp³-hybridized carbons (Fsp3) is 1.00. The Kier molecular flexibility index (Phi) is 6.38. The number of hydrogen-bond donors (Lipinski definition) is 2. The molecule has 0 aromatic rings. The van der Waals surface area contributed by atoms with E-state index in [-0.39, 0.29) is 11.1 Å². The third-order valence-electron chi connectivity index (χ3n) is 2.35. The maximum absolute atomic E-state index is 8.62. The van der Waals surface area contributed by atoms with Crippen molar-refractivity contribution in [2.45, 2.75) is 59.0 Å². The predicted octanol–water partition coefficient (Wildman–Crippen LogP) is 2.50. The molecule has 0 aromatic carbocycles. The van der Waals surface area contributed by atoms with Gasteiger partial charge >= 0.3 is 8.60 Å². The van der Waals surface area contributed by atoms with E-state index in [0.29, 0.717) is 6.61 Å². The average molecular weight is 251 g/mol. The summed E-state index contributed by atoms with van der Waals surface area (Å²) in [4.78, 5) is 19.6. The lowest BCUT2D eigenvalue weighted by Gasteiger charge is -2.45. The van der Waals surface area contributed by atoms with Crippen LogP contribution in [-0.4, -0.2) is 38.9 Å². The first-order valence-corrected chi connectivity index (χ1v) is 6.80. The topological polar surface area (TPSA) is 52.9 Å². The van der Waals surface area contributed by atoms with Crippen molar-refractivity contribution >= 4 is 8.60 Å². The summed E-state index contributed by atoms with van der Waals surface area (Å²) in [6.45, 7) is 14.4. The Hall–Kier alpha value is 0.270. The second kappa shape index (κ2) is 6.27. The molecule has 0 fully saturated rings. The molecule has 0 aliphatic rings. The van der Waals surface area contributed by atoms with E-state index < -0.39 is 8.60 Å². The van der Waals surface area contributed by atoms with Crippen LogP contribution in [0.2, 0.25) is 0 Å². The van der Waals surface area contributed by atoms with Crippen molar-refractivity contribution in [3.8, 4) is 0 Å². The third kappa shape index (κ3) is 6.77. The van der Waals surface area contributed by atoms with Gasteiger partial charge in [0.05, 0.1) is 6.61 Å². The molecule has 0 rings (SSSR count). The molecule has 0 bridgehead atoms. The second-order valence-electron chi connectivity index (χ2n) is 5.93. The van der Waals surface area contributed by atoms with Gasteiger partial charge in [0.2, 0.25) is 0 Å². The molecule has 0 aromatic heterocycles. The molecule has 0 aliphatic heterocycles. The molecular weight excluding hydrogens is 225 g/mol. The largest absolute Gasteiger partial charge is 0.328 e. The number of hydrogen-bond acceptors (Lipinski definition) is 4. The van der Waals surface area contributed by atoms with Crippen molar-refractivity contribution in [2.24, 2.45) is 0 Å². The molecule has 5 heteroatoms. The van der Waals surface area contributed by atoms with Gasteiger partial charge in [-0.05, 0) is 48.0 Å². The van der Waals surface area contributed by atoms with Crippen molar-refractivity contribution in [3.05, 3.63) is 0 Å². The Morgan fingerprint density at radius 2 is 1.44 bits per heavy atom. The summed E-state index contributed by atoms with van der Waals surface area (Å²) >= 11 is 0. The minimum Gasteiger partial charge on any atom is -0.328 e. The zero-order valence-corrected chi connectivity index (χ0v) is 12.2. The Bertz CT molecular complexity index is 182. The maximum atomic E-state index is 8.62. The zero-order valence-electron chi connectivity index (χ0n) is 11.3. The first-order chi connectivity index (χ1) is 7.05. The summed E-state index contributed by atoms with van der Waals surface area (Å²) in [6, 6.07) is 0. The van der Waals surface area contributed by atoms with E-state index in [0.717, 1.165) is 13.0 Å². The fourth-order valence-corrected chi connectivity index (χ4v) is 2.34. The van der Waals surface area contributed by atoms with E-state index >= 15 is 0 Å². The lowest BCUT2D eigenvalue weighted by Crippen LogP contribution is -2.53. The fourth-order valence-electron chi connectivity index (χ4n) is 2.05. The normalized spacial score (nSPS) is 13.9. The molecule has 98 valence electrons. The van der Waals surface area contributed by atoms with Gasteiger partial charge in [-0.2, -0.15) is 0 Å². The van der Waals surface area contributed by atoms with Crippen LogP contribution in [0.1, 0.15) is 48.0 Å². The lowest BCUT2D eigenvalue weighted by molar-refractivity contribution is 0.0334. The minimum atomic E-state index is -2.21. The highest BCUT2D eigenvalue weighted by Crippen LogP contribution is 2.27. The molecule has 0 amide bonds. The van der Waals surface area contributed by atoms with Crippen molar-refractivity contribution in [2.75, 3.05) is 13.2 Å². The summed E-state index contributed by atoms with van der Waals surface area (Å²) in [5.41, 5.74) is 0.197. The van der Waals surface area contributed by atoms with Gasteiger partial charge in [-0.1, -0.05) is 0 Å². The van der Waals surface area contributed by atoms with E-state index in [9.17, 15) is 0 Å². The third-order valence-corrected chi connectivity index (χ3v) is 2.77. The molecule has 0 radical (unpaired) electrons. The molecule has 0 heterocycles. The molecule has 0 aliphatic carbocycles. The molecule has 0 unspecified atom stereocenters. The highest BCUT2D eigenvalue weighted by molar-refractivity contribution is 7.39. The van der Waals surface area contributed by atoms with Crippen LogP contribution in [0.5, 0.6) is 0 Å². The van der Waals surface area contributed by atoms with Crippen LogP contribution >= 0.6 is 8.60 Å². The van der Waals surface area contributed by atoms with E-state index in [2.05, 4.69) is 46.4 Å². The van der Waals surface area contributed by atoms with E-state index in [1.54, 1.807) is 0 Å². The Labute approximate surface area is 101 Å². The zero-order chi connectivity index (χ0) is 13.0. The summed E-state index contributed by atoms with van der Waals surface area (Å²) in [5.74, 6) is 0. The maximum Gasteiger partial charge on any atom is 0.327 e. The lowest BCUT2D eigenvalue weighted by atomic mass is 9.96. The van der Waals surface area contributed by atoms with Gasteiger partial charge in [-0.25, -0.2) is 0 Å². The van der Waals surface area contributed by atoms with E-state index in [1.807, 2.05) is 0 Å². The first-order valence-electron chi connectivity index (χ1n) is 5.63. The SMILES string of the molecule is CC(C)(C)N(CCCOP(O)O)C(C)(C)C. The van der Waals surface area contributed by atoms with Gasteiger partial charge in [-0.3, -0.25) is 4.90 Å². The number of nitrogens with zero attached hydrogens (tertiary/aromatic N) is 1. The van der Waals surface area contributed by atoms with Gasteiger partial charge in [0.15, 0.2) is 0 Å². The molecule has 0 saturated heterocycles. The Morgan fingerprint density at radius 1 is 1.00 bits per heavy atom.